The van der Waals surface area contributed by atoms with Gasteiger partial charge >= 0.3 is 12.1 Å². The van der Waals surface area contributed by atoms with E-state index in [4.69, 9.17) is 4.74 Å². The summed E-state index contributed by atoms with van der Waals surface area (Å²) in [4.78, 5) is 36.8. The largest absolute Gasteiger partial charge is 0.479 e. The zero-order valence-corrected chi connectivity index (χ0v) is 13.8. The Morgan fingerprint density at radius 2 is 2.17 bits per heavy atom. The first-order valence-corrected chi connectivity index (χ1v) is 7.86. The van der Waals surface area contributed by atoms with Crippen LogP contribution < -0.4 is 10.6 Å². The number of likely N-dealkylation sites (tertiary alicyclic amines) is 1. The molecule has 0 aromatic rings. The summed E-state index contributed by atoms with van der Waals surface area (Å²) in [5.74, 6) is -1.04. The highest BCUT2D eigenvalue weighted by molar-refractivity contribution is 5.85. The van der Waals surface area contributed by atoms with E-state index >= 15 is 0 Å². The van der Waals surface area contributed by atoms with Gasteiger partial charge < -0.3 is 20.5 Å². The normalized spacial score (nSPS) is 28.5. The van der Waals surface area contributed by atoms with Gasteiger partial charge in [0.05, 0.1) is 0 Å². The molecule has 0 spiro atoms. The Balaban J connectivity index is 1.95. The lowest BCUT2D eigenvalue weighted by Crippen LogP contribution is -2.57. The molecule has 3 N–H and O–H groups in total. The van der Waals surface area contributed by atoms with Gasteiger partial charge in [-0.05, 0) is 33.6 Å². The van der Waals surface area contributed by atoms with Crippen LogP contribution in [0.25, 0.3) is 0 Å². The molecule has 8 nitrogen and oxygen atoms in total. The van der Waals surface area contributed by atoms with Crippen molar-refractivity contribution in [3.63, 3.8) is 0 Å². The van der Waals surface area contributed by atoms with Gasteiger partial charge in [0.1, 0.15) is 5.60 Å². The second-order valence-corrected chi connectivity index (χ2v) is 7.30. The molecular weight excluding hydrogens is 302 g/mol. The molecule has 0 radical (unpaired) electrons. The quantitative estimate of drug-likeness (QED) is 0.686. The minimum absolute atomic E-state index is 0.0329. The van der Waals surface area contributed by atoms with E-state index in [0.29, 0.717) is 25.9 Å². The molecule has 130 valence electrons. The van der Waals surface area contributed by atoms with Crippen molar-refractivity contribution in [3.8, 4) is 0 Å². The summed E-state index contributed by atoms with van der Waals surface area (Å²) in [5.41, 5.74) is -2.03. The SMILES string of the molecule is CC(C)(C)OC(=O)NC1(C(=O)O)CCN(CC2CCC(=O)N2)C1. The van der Waals surface area contributed by atoms with Crippen molar-refractivity contribution in [2.45, 2.75) is 57.2 Å². The van der Waals surface area contributed by atoms with E-state index in [1.54, 1.807) is 20.8 Å². The van der Waals surface area contributed by atoms with E-state index in [2.05, 4.69) is 10.6 Å². The Morgan fingerprint density at radius 3 is 2.70 bits per heavy atom. The van der Waals surface area contributed by atoms with Gasteiger partial charge in [0.25, 0.3) is 0 Å². The fourth-order valence-electron chi connectivity index (χ4n) is 3.00. The highest BCUT2D eigenvalue weighted by Crippen LogP contribution is 2.24. The maximum Gasteiger partial charge on any atom is 0.408 e. The smallest absolute Gasteiger partial charge is 0.408 e. The van der Waals surface area contributed by atoms with Crippen molar-refractivity contribution in [1.82, 2.24) is 15.5 Å². The summed E-state index contributed by atoms with van der Waals surface area (Å²) in [6.07, 6.45) is 0.853. The molecule has 2 amide bonds. The number of aliphatic carboxylic acids is 1. The molecular formula is C15H25N3O5. The van der Waals surface area contributed by atoms with Crippen molar-refractivity contribution < 1.29 is 24.2 Å². The standard InChI is InChI=1S/C15H25N3O5/c1-14(2,3)23-13(22)17-15(12(20)21)6-7-18(9-15)8-10-4-5-11(19)16-10/h10H,4-9H2,1-3H3,(H,16,19)(H,17,22)(H,20,21). The zero-order valence-electron chi connectivity index (χ0n) is 13.8. The number of rotatable bonds is 4. The number of carbonyl (C=O) groups excluding carboxylic acids is 2. The first kappa shape index (κ1) is 17.5. The highest BCUT2D eigenvalue weighted by atomic mass is 16.6. The molecule has 0 bridgehead atoms. The number of ether oxygens (including phenoxy) is 1. The van der Waals surface area contributed by atoms with Crippen LogP contribution in [-0.2, 0) is 14.3 Å². The Bertz CT molecular complexity index is 502. The Kier molecular flexibility index (Phi) is 4.84. The van der Waals surface area contributed by atoms with Gasteiger partial charge in [-0.1, -0.05) is 0 Å². The molecule has 2 aliphatic rings. The number of alkyl carbamates (subject to hydrolysis) is 1. The molecule has 0 aromatic carbocycles. The maximum atomic E-state index is 11.9. The minimum atomic E-state index is -1.34. The molecule has 0 saturated carbocycles. The molecule has 0 aromatic heterocycles. The summed E-state index contributed by atoms with van der Waals surface area (Å²) >= 11 is 0. The number of nitrogens with one attached hydrogen (secondary N) is 2. The molecule has 2 saturated heterocycles. The molecule has 2 aliphatic heterocycles. The van der Waals surface area contributed by atoms with Gasteiger partial charge in [0, 0.05) is 32.1 Å². The molecule has 2 heterocycles. The van der Waals surface area contributed by atoms with E-state index in [1.807, 2.05) is 4.90 Å². The van der Waals surface area contributed by atoms with Crippen molar-refractivity contribution in [2.75, 3.05) is 19.6 Å². The third-order valence-corrected chi connectivity index (χ3v) is 4.06. The third kappa shape index (κ3) is 4.57. The van der Waals surface area contributed by atoms with Gasteiger partial charge in [-0.2, -0.15) is 0 Å². The summed E-state index contributed by atoms with van der Waals surface area (Å²) in [7, 11) is 0. The molecule has 23 heavy (non-hydrogen) atoms. The van der Waals surface area contributed by atoms with Crippen LogP contribution in [0.15, 0.2) is 0 Å². The van der Waals surface area contributed by atoms with Crippen molar-refractivity contribution in [1.29, 1.82) is 0 Å². The second kappa shape index (κ2) is 6.35. The molecule has 2 atom stereocenters. The van der Waals surface area contributed by atoms with Crippen LogP contribution in [0.1, 0.15) is 40.0 Å². The van der Waals surface area contributed by atoms with Crippen LogP contribution in [0.4, 0.5) is 4.79 Å². The molecule has 2 fully saturated rings. The summed E-state index contributed by atoms with van der Waals surface area (Å²) < 4.78 is 5.17. The lowest BCUT2D eigenvalue weighted by molar-refractivity contribution is -0.144. The van der Waals surface area contributed by atoms with Crippen LogP contribution in [-0.4, -0.2) is 64.8 Å². The van der Waals surface area contributed by atoms with E-state index in [0.717, 1.165) is 6.42 Å². The van der Waals surface area contributed by atoms with E-state index in [9.17, 15) is 19.5 Å². The summed E-state index contributed by atoms with van der Waals surface area (Å²) in [6.45, 7) is 6.52. The third-order valence-electron chi connectivity index (χ3n) is 4.06. The summed E-state index contributed by atoms with van der Waals surface area (Å²) in [6, 6.07) is 0.0496. The topological polar surface area (TPSA) is 108 Å². The molecule has 8 heteroatoms. The van der Waals surface area contributed by atoms with Crippen molar-refractivity contribution >= 4 is 18.0 Å². The lowest BCUT2D eigenvalue weighted by atomic mass is 9.99. The Labute approximate surface area is 135 Å². The first-order valence-electron chi connectivity index (χ1n) is 7.86. The average molecular weight is 327 g/mol. The van der Waals surface area contributed by atoms with E-state index in [-0.39, 0.29) is 18.5 Å². The average Bonchev–Trinajstić information content (AvgIpc) is 2.95. The Morgan fingerprint density at radius 1 is 1.48 bits per heavy atom. The first-order chi connectivity index (χ1) is 10.6. The van der Waals surface area contributed by atoms with E-state index < -0.39 is 23.2 Å². The van der Waals surface area contributed by atoms with Gasteiger partial charge in [-0.15, -0.1) is 0 Å². The fraction of sp³-hybridized carbons (Fsp3) is 0.800. The monoisotopic (exact) mass is 327 g/mol. The molecule has 0 aliphatic carbocycles. The van der Waals surface area contributed by atoms with Gasteiger partial charge in [0.2, 0.25) is 5.91 Å². The van der Waals surface area contributed by atoms with E-state index in [1.165, 1.54) is 0 Å². The fourth-order valence-corrected chi connectivity index (χ4v) is 3.00. The minimum Gasteiger partial charge on any atom is -0.479 e. The van der Waals surface area contributed by atoms with Crippen LogP contribution in [0.3, 0.4) is 0 Å². The number of carboxylic acid groups (broad SMARTS) is 1. The van der Waals surface area contributed by atoms with Crippen molar-refractivity contribution in [3.05, 3.63) is 0 Å². The number of hydrogen-bond acceptors (Lipinski definition) is 5. The number of amides is 2. The Hall–Kier alpha value is -1.83. The zero-order chi connectivity index (χ0) is 17.3. The number of carboxylic acids is 1. The van der Waals surface area contributed by atoms with Gasteiger partial charge in [-0.3, -0.25) is 9.69 Å². The maximum absolute atomic E-state index is 11.9. The van der Waals surface area contributed by atoms with Crippen LogP contribution in [0.2, 0.25) is 0 Å². The predicted molar refractivity (Wildman–Crippen MR) is 82.0 cm³/mol. The molecule has 2 unspecified atom stereocenters. The predicted octanol–water partition coefficient (Wildman–Crippen LogP) is 0.319. The van der Waals surface area contributed by atoms with Gasteiger partial charge in [-0.25, -0.2) is 9.59 Å². The summed E-state index contributed by atoms with van der Waals surface area (Å²) in [5, 5.41) is 15.0. The van der Waals surface area contributed by atoms with Crippen LogP contribution in [0, 0.1) is 0 Å². The van der Waals surface area contributed by atoms with Crippen LogP contribution >= 0.6 is 0 Å². The highest BCUT2D eigenvalue weighted by Gasteiger charge is 2.47. The van der Waals surface area contributed by atoms with Crippen molar-refractivity contribution in [2.24, 2.45) is 0 Å². The number of hydrogen-bond donors (Lipinski definition) is 3. The van der Waals surface area contributed by atoms with Gasteiger partial charge in [0.15, 0.2) is 5.54 Å². The lowest BCUT2D eigenvalue weighted by Gasteiger charge is -2.29. The van der Waals surface area contributed by atoms with Crippen LogP contribution in [0.5, 0.6) is 0 Å². The number of nitrogens with zero attached hydrogens (tertiary/aromatic N) is 1. The molecule has 2 rings (SSSR count). The number of carbonyl (C=O) groups is 3. The second-order valence-electron chi connectivity index (χ2n) is 7.30.